The van der Waals surface area contributed by atoms with Crippen molar-refractivity contribution in [2.24, 2.45) is 0 Å². The molecular weight excluding hydrogens is 180 g/mol. The van der Waals surface area contributed by atoms with E-state index in [1.807, 2.05) is 6.08 Å². The average molecular weight is 206 g/mol. The summed E-state index contributed by atoms with van der Waals surface area (Å²) in [6.45, 7) is 5.90. The van der Waals surface area contributed by atoms with Crippen LogP contribution in [0.2, 0.25) is 0 Å². The second-order valence-electron chi connectivity index (χ2n) is 3.86. The average Bonchev–Trinajstić information content (AvgIpc) is 2.26. The van der Waals surface area contributed by atoms with Crippen molar-refractivity contribution >= 4 is 0 Å². The molecule has 0 atom stereocenters. The van der Waals surface area contributed by atoms with E-state index < -0.39 is 0 Å². The van der Waals surface area contributed by atoms with Crippen molar-refractivity contribution in [3.8, 4) is 0 Å². The molecule has 0 aliphatic carbocycles. The van der Waals surface area contributed by atoms with Crippen molar-refractivity contribution in [3.05, 3.63) is 37.0 Å². The van der Waals surface area contributed by atoms with Crippen molar-refractivity contribution in [1.29, 1.82) is 0 Å². The zero-order valence-electron chi connectivity index (χ0n) is 10.3. The highest BCUT2D eigenvalue weighted by Gasteiger charge is 1.83. The molecule has 0 heteroatoms. The van der Waals surface area contributed by atoms with Gasteiger partial charge in [0.2, 0.25) is 0 Å². The van der Waals surface area contributed by atoms with Crippen LogP contribution in [-0.4, -0.2) is 0 Å². The molecule has 0 aromatic carbocycles. The van der Waals surface area contributed by atoms with Gasteiger partial charge in [0, 0.05) is 0 Å². The summed E-state index contributed by atoms with van der Waals surface area (Å²) in [5.74, 6) is 0. The van der Waals surface area contributed by atoms with Crippen LogP contribution in [0, 0.1) is 0 Å². The molecule has 0 aromatic rings. The molecule has 15 heavy (non-hydrogen) atoms. The number of hydrogen-bond donors (Lipinski definition) is 0. The third-order valence-corrected chi connectivity index (χ3v) is 2.34. The zero-order chi connectivity index (χ0) is 11.2. The third-order valence-electron chi connectivity index (χ3n) is 2.34. The summed E-state index contributed by atoms with van der Waals surface area (Å²) in [6.07, 6.45) is 21.1. The largest absolute Gasteiger partial charge is 0.103 e. The van der Waals surface area contributed by atoms with E-state index in [1.165, 1.54) is 44.9 Å². The van der Waals surface area contributed by atoms with Crippen molar-refractivity contribution < 1.29 is 0 Å². The van der Waals surface area contributed by atoms with Crippen molar-refractivity contribution in [3.63, 3.8) is 0 Å². The van der Waals surface area contributed by atoms with Crippen LogP contribution < -0.4 is 0 Å². The standard InChI is InChI=1S/C15H26/c1-3-5-7-9-11-13-15-14-12-10-8-6-4-2/h3,6,8,13,15H,1,4-5,7,9-12,14H2,2H3. The van der Waals surface area contributed by atoms with Gasteiger partial charge in [0.15, 0.2) is 0 Å². The minimum Gasteiger partial charge on any atom is -0.103 e. The van der Waals surface area contributed by atoms with Gasteiger partial charge in [-0.25, -0.2) is 0 Å². The molecule has 0 saturated heterocycles. The lowest BCUT2D eigenvalue weighted by Crippen LogP contribution is -1.73. The monoisotopic (exact) mass is 206 g/mol. The Morgan fingerprint density at radius 1 is 0.733 bits per heavy atom. The lowest BCUT2D eigenvalue weighted by Gasteiger charge is -1.93. The normalized spacial score (nSPS) is 11.5. The van der Waals surface area contributed by atoms with Crippen LogP contribution in [0.3, 0.4) is 0 Å². The molecule has 0 amide bonds. The molecule has 0 aliphatic rings. The number of allylic oxidation sites excluding steroid dienone is 5. The molecule has 0 radical (unpaired) electrons. The molecule has 0 nitrogen and oxygen atoms in total. The van der Waals surface area contributed by atoms with Crippen LogP contribution in [0.4, 0.5) is 0 Å². The lowest BCUT2D eigenvalue weighted by molar-refractivity contribution is 0.759. The molecule has 0 spiro atoms. The van der Waals surface area contributed by atoms with Crippen molar-refractivity contribution in [2.75, 3.05) is 0 Å². The first kappa shape index (κ1) is 14.2. The molecule has 0 aliphatic heterocycles. The van der Waals surface area contributed by atoms with E-state index in [0.717, 1.165) is 6.42 Å². The van der Waals surface area contributed by atoms with Gasteiger partial charge in [-0.2, -0.15) is 0 Å². The topological polar surface area (TPSA) is 0 Å². The Morgan fingerprint density at radius 2 is 1.27 bits per heavy atom. The maximum atomic E-state index is 3.72. The van der Waals surface area contributed by atoms with E-state index in [2.05, 4.69) is 37.8 Å². The first-order chi connectivity index (χ1) is 7.41. The fourth-order valence-corrected chi connectivity index (χ4v) is 1.42. The van der Waals surface area contributed by atoms with Crippen molar-refractivity contribution in [2.45, 2.75) is 58.3 Å². The van der Waals surface area contributed by atoms with Gasteiger partial charge in [-0.1, -0.05) is 37.3 Å². The Kier molecular flexibility index (Phi) is 12.5. The van der Waals surface area contributed by atoms with Gasteiger partial charge in [0.25, 0.3) is 0 Å². The highest BCUT2D eigenvalue weighted by molar-refractivity contribution is 4.85. The predicted octanol–water partition coefficient (Wildman–Crippen LogP) is 5.43. The molecular formula is C15H26. The molecule has 0 rings (SSSR count). The second-order valence-corrected chi connectivity index (χ2v) is 3.86. The summed E-state index contributed by atoms with van der Waals surface area (Å²) >= 11 is 0. The maximum absolute atomic E-state index is 3.72. The highest BCUT2D eigenvalue weighted by Crippen LogP contribution is 2.03. The number of unbranched alkanes of at least 4 members (excludes halogenated alkanes) is 5. The summed E-state index contributed by atoms with van der Waals surface area (Å²) in [4.78, 5) is 0. The summed E-state index contributed by atoms with van der Waals surface area (Å²) < 4.78 is 0. The van der Waals surface area contributed by atoms with Crippen LogP contribution in [-0.2, 0) is 0 Å². The summed E-state index contributed by atoms with van der Waals surface area (Å²) in [5, 5.41) is 0. The summed E-state index contributed by atoms with van der Waals surface area (Å²) in [7, 11) is 0. The lowest BCUT2D eigenvalue weighted by atomic mass is 10.1. The molecule has 0 heterocycles. The highest BCUT2D eigenvalue weighted by atomic mass is 13.9. The van der Waals surface area contributed by atoms with Crippen LogP contribution >= 0.6 is 0 Å². The summed E-state index contributed by atoms with van der Waals surface area (Å²) in [6, 6.07) is 0. The van der Waals surface area contributed by atoms with E-state index in [-0.39, 0.29) is 0 Å². The SMILES string of the molecule is C=CCCCCC=CCCCC=CCC. The van der Waals surface area contributed by atoms with Gasteiger partial charge in [-0.15, -0.1) is 6.58 Å². The van der Waals surface area contributed by atoms with Crippen LogP contribution in [0.1, 0.15) is 58.3 Å². The third kappa shape index (κ3) is 13.2. The fraction of sp³-hybridized carbons (Fsp3) is 0.600. The van der Waals surface area contributed by atoms with Crippen LogP contribution in [0.25, 0.3) is 0 Å². The second kappa shape index (κ2) is 13.2. The van der Waals surface area contributed by atoms with Crippen LogP contribution in [0.5, 0.6) is 0 Å². The Labute approximate surface area is 95.8 Å². The van der Waals surface area contributed by atoms with Gasteiger partial charge in [-0.3, -0.25) is 0 Å². The quantitative estimate of drug-likeness (QED) is 0.330. The molecule has 0 unspecified atom stereocenters. The number of hydrogen-bond acceptors (Lipinski definition) is 0. The van der Waals surface area contributed by atoms with Crippen LogP contribution in [0.15, 0.2) is 37.0 Å². The Morgan fingerprint density at radius 3 is 1.87 bits per heavy atom. The Hall–Kier alpha value is -0.780. The van der Waals surface area contributed by atoms with Gasteiger partial charge < -0.3 is 0 Å². The smallest absolute Gasteiger partial charge is 0.0348 e. The van der Waals surface area contributed by atoms with Gasteiger partial charge in [0.1, 0.15) is 0 Å². The predicted molar refractivity (Wildman–Crippen MR) is 71.1 cm³/mol. The summed E-state index contributed by atoms with van der Waals surface area (Å²) in [5.41, 5.74) is 0. The van der Waals surface area contributed by atoms with Gasteiger partial charge >= 0.3 is 0 Å². The first-order valence-electron chi connectivity index (χ1n) is 6.32. The van der Waals surface area contributed by atoms with E-state index >= 15 is 0 Å². The minimum absolute atomic E-state index is 1.16. The van der Waals surface area contributed by atoms with E-state index in [1.54, 1.807) is 0 Å². The van der Waals surface area contributed by atoms with Gasteiger partial charge in [-0.05, 0) is 51.4 Å². The maximum Gasteiger partial charge on any atom is -0.0348 e. The first-order valence-corrected chi connectivity index (χ1v) is 6.32. The molecule has 0 bridgehead atoms. The zero-order valence-corrected chi connectivity index (χ0v) is 10.3. The molecule has 0 aromatic heterocycles. The van der Waals surface area contributed by atoms with Crippen molar-refractivity contribution in [1.82, 2.24) is 0 Å². The Balaban J connectivity index is 3.10. The molecule has 0 N–H and O–H groups in total. The molecule has 0 fully saturated rings. The minimum atomic E-state index is 1.16. The fourth-order valence-electron chi connectivity index (χ4n) is 1.42. The molecule has 0 saturated carbocycles. The molecule has 86 valence electrons. The van der Waals surface area contributed by atoms with E-state index in [4.69, 9.17) is 0 Å². The van der Waals surface area contributed by atoms with E-state index in [9.17, 15) is 0 Å². The van der Waals surface area contributed by atoms with E-state index in [0.29, 0.717) is 0 Å². The van der Waals surface area contributed by atoms with Gasteiger partial charge in [0.05, 0.1) is 0 Å². The number of rotatable bonds is 10. The Bertz CT molecular complexity index is 174.